The molecule has 0 saturated carbocycles. The van der Waals surface area contributed by atoms with Crippen molar-refractivity contribution in [2.24, 2.45) is 33.8 Å². The number of amides is 1. The lowest BCUT2D eigenvalue weighted by atomic mass is 9.89. The number of ether oxygens (including phenoxy) is 2. The Morgan fingerprint density at radius 2 is 1.44 bits per heavy atom. The van der Waals surface area contributed by atoms with E-state index in [1.807, 2.05) is 27.7 Å². The van der Waals surface area contributed by atoms with Crippen molar-refractivity contribution in [3.05, 3.63) is 0 Å². The van der Waals surface area contributed by atoms with Crippen molar-refractivity contribution in [2.75, 3.05) is 39.5 Å². The second kappa shape index (κ2) is 16.4. The highest BCUT2D eigenvalue weighted by atomic mass is 16.5. The highest BCUT2D eigenvalue weighted by molar-refractivity contribution is 5.81. The Labute approximate surface area is 194 Å². The van der Waals surface area contributed by atoms with Crippen molar-refractivity contribution in [1.82, 2.24) is 5.32 Å². The molecule has 9 nitrogen and oxygen atoms in total. The summed E-state index contributed by atoms with van der Waals surface area (Å²) in [7, 11) is 0. The van der Waals surface area contributed by atoms with E-state index in [0.717, 1.165) is 32.1 Å². The number of carbonyl (C=O) groups is 2. The summed E-state index contributed by atoms with van der Waals surface area (Å²) in [5, 5.41) is 2.92. The van der Waals surface area contributed by atoms with Crippen LogP contribution in [0, 0.1) is 10.8 Å². The number of nitrogens with two attached hydrogens (primary N) is 4. The maximum absolute atomic E-state index is 12.2. The molecule has 0 heterocycles. The zero-order valence-electron chi connectivity index (χ0n) is 20.8. The number of hydrogen-bond donors (Lipinski definition) is 5. The number of rotatable bonds is 19. The van der Waals surface area contributed by atoms with E-state index in [9.17, 15) is 9.59 Å². The highest BCUT2D eigenvalue weighted by Gasteiger charge is 2.28. The van der Waals surface area contributed by atoms with Crippen LogP contribution in [0.5, 0.6) is 0 Å². The van der Waals surface area contributed by atoms with E-state index in [1.165, 1.54) is 0 Å². The van der Waals surface area contributed by atoms with E-state index in [2.05, 4.69) is 5.32 Å². The van der Waals surface area contributed by atoms with Gasteiger partial charge in [-0.2, -0.15) is 0 Å². The van der Waals surface area contributed by atoms with Crippen LogP contribution in [0.15, 0.2) is 0 Å². The quantitative estimate of drug-likeness (QED) is 0.141. The second-order valence-corrected chi connectivity index (χ2v) is 9.93. The lowest BCUT2D eigenvalue weighted by Gasteiger charge is -2.31. The summed E-state index contributed by atoms with van der Waals surface area (Å²) in [6, 6.07) is -1.13. The Hall–Kier alpha value is -1.26. The maximum Gasteiger partial charge on any atom is 0.322 e. The highest BCUT2D eigenvalue weighted by Crippen LogP contribution is 2.24. The number of esters is 1. The summed E-state index contributed by atoms with van der Waals surface area (Å²) in [6.07, 6.45) is 5.36. The van der Waals surface area contributed by atoms with Crippen LogP contribution in [0.2, 0.25) is 0 Å². The number of carbonyl (C=O) groups excluding carboxylic acids is 2. The molecule has 3 unspecified atom stereocenters. The Kier molecular flexibility index (Phi) is 15.7. The van der Waals surface area contributed by atoms with Gasteiger partial charge in [-0.3, -0.25) is 9.59 Å². The van der Waals surface area contributed by atoms with Crippen molar-refractivity contribution >= 4 is 11.9 Å². The van der Waals surface area contributed by atoms with Crippen molar-refractivity contribution in [3.8, 4) is 0 Å². The van der Waals surface area contributed by atoms with Gasteiger partial charge >= 0.3 is 5.97 Å². The first kappa shape index (κ1) is 30.7. The van der Waals surface area contributed by atoms with Crippen molar-refractivity contribution in [3.63, 3.8) is 0 Å². The molecule has 0 radical (unpaired) electrons. The largest absolute Gasteiger partial charge is 0.464 e. The Bertz CT molecular complexity index is 533. The molecule has 32 heavy (non-hydrogen) atoms. The lowest BCUT2D eigenvalue weighted by Crippen LogP contribution is -2.45. The van der Waals surface area contributed by atoms with Gasteiger partial charge in [0.05, 0.1) is 25.9 Å². The van der Waals surface area contributed by atoms with Crippen LogP contribution in [-0.4, -0.2) is 63.4 Å². The van der Waals surface area contributed by atoms with Crippen molar-refractivity contribution in [2.45, 2.75) is 84.7 Å². The van der Waals surface area contributed by atoms with Gasteiger partial charge < -0.3 is 37.7 Å². The normalized spacial score (nSPS) is 15.6. The lowest BCUT2D eigenvalue weighted by molar-refractivity contribution is -0.150. The van der Waals surface area contributed by atoms with E-state index < -0.39 is 12.1 Å². The molecule has 190 valence electrons. The fourth-order valence-electron chi connectivity index (χ4n) is 2.95. The molecule has 0 aliphatic carbocycles. The van der Waals surface area contributed by atoms with Crippen molar-refractivity contribution < 1.29 is 19.1 Å². The van der Waals surface area contributed by atoms with E-state index in [1.54, 1.807) is 0 Å². The fraction of sp³-hybridized carbons (Fsp3) is 0.913. The van der Waals surface area contributed by atoms with Gasteiger partial charge in [0.2, 0.25) is 5.91 Å². The third kappa shape index (κ3) is 14.0. The molecule has 0 aromatic carbocycles. The van der Waals surface area contributed by atoms with Crippen molar-refractivity contribution in [1.29, 1.82) is 0 Å². The van der Waals surface area contributed by atoms with Gasteiger partial charge in [-0.1, -0.05) is 40.5 Å². The van der Waals surface area contributed by atoms with Crippen LogP contribution in [-0.2, 0) is 19.1 Å². The van der Waals surface area contributed by atoms with Gasteiger partial charge in [0.1, 0.15) is 6.04 Å². The first-order valence-corrected chi connectivity index (χ1v) is 11.9. The molecule has 3 atom stereocenters. The van der Waals surface area contributed by atoms with Gasteiger partial charge in [-0.25, -0.2) is 0 Å². The molecule has 0 aliphatic rings. The molecule has 0 rings (SSSR count). The molecular formula is C23H49N5O4. The van der Waals surface area contributed by atoms with E-state index in [0.29, 0.717) is 45.7 Å². The van der Waals surface area contributed by atoms with Crippen LogP contribution in [0.3, 0.4) is 0 Å². The molecule has 9 N–H and O–H groups in total. The van der Waals surface area contributed by atoms with Gasteiger partial charge in [-0.05, 0) is 45.2 Å². The molecule has 0 bridgehead atoms. The van der Waals surface area contributed by atoms with Crippen LogP contribution < -0.4 is 28.3 Å². The van der Waals surface area contributed by atoms with Gasteiger partial charge in [0.25, 0.3) is 0 Å². The summed E-state index contributed by atoms with van der Waals surface area (Å²) < 4.78 is 11.4. The predicted octanol–water partition coefficient (Wildman–Crippen LogP) is 1.02. The SMILES string of the molecule is CCC(C)(COCC(C)(C)CNC(=O)C(N)CCCCN)COC(=O)C(N)CCCCN. The van der Waals surface area contributed by atoms with E-state index in [4.69, 9.17) is 32.4 Å². The molecular weight excluding hydrogens is 410 g/mol. The average Bonchev–Trinajstić information content (AvgIpc) is 2.75. The van der Waals surface area contributed by atoms with E-state index >= 15 is 0 Å². The van der Waals surface area contributed by atoms with Gasteiger partial charge in [0, 0.05) is 17.4 Å². The minimum absolute atomic E-state index is 0.150. The standard InChI is InChI=1S/C23H49N5O4/c1-5-23(4,17-32-21(30)19(27)11-7-9-13-25)16-31-15-22(2,3)14-28-20(29)18(26)10-6-8-12-24/h18-19H,5-17,24-27H2,1-4H3,(H,28,29). The predicted molar refractivity (Wildman–Crippen MR) is 129 cm³/mol. The summed E-state index contributed by atoms with van der Waals surface area (Å²) in [4.78, 5) is 24.3. The number of nitrogens with one attached hydrogen (secondary N) is 1. The monoisotopic (exact) mass is 459 g/mol. The second-order valence-electron chi connectivity index (χ2n) is 9.93. The fourth-order valence-corrected chi connectivity index (χ4v) is 2.95. The molecule has 0 aliphatic heterocycles. The Morgan fingerprint density at radius 1 is 0.875 bits per heavy atom. The summed E-state index contributed by atoms with van der Waals surface area (Å²) in [6.45, 7) is 10.9. The minimum atomic E-state index is -0.618. The first-order valence-electron chi connectivity index (χ1n) is 11.9. The molecule has 0 spiro atoms. The third-order valence-corrected chi connectivity index (χ3v) is 5.68. The molecule has 1 amide bonds. The zero-order valence-corrected chi connectivity index (χ0v) is 20.8. The minimum Gasteiger partial charge on any atom is -0.464 e. The van der Waals surface area contributed by atoms with Crippen LogP contribution in [0.4, 0.5) is 0 Å². The zero-order chi connectivity index (χ0) is 24.6. The smallest absolute Gasteiger partial charge is 0.322 e. The third-order valence-electron chi connectivity index (χ3n) is 5.68. The molecule has 9 heteroatoms. The molecule has 0 aromatic rings. The summed E-state index contributed by atoms with van der Waals surface area (Å²) in [5.74, 6) is -0.532. The Balaban J connectivity index is 4.36. The number of unbranched alkanes of at least 4 members (excludes halogenated alkanes) is 2. The summed E-state index contributed by atoms with van der Waals surface area (Å²) in [5.41, 5.74) is 22.2. The number of hydrogen-bond acceptors (Lipinski definition) is 8. The topological polar surface area (TPSA) is 169 Å². The van der Waals surface area contributed by atoms with Gasteiger partial charge in [0.15, 0.2) is 0 Å². The maximum atomic E-state index is 12.2. The first-order chi connectivity index (χ1) is 15.0. The van der Waals surface area contributed by atoms with Crippen LogP contribution in [0.25, 0.3) is 0 Å². The average molecular weight is 460 g/mol. The molecule has 0 fully saturated rings. The molecule has 0 aromatic heterocycles. The van der Waals surface area contributed by atoms with E-state index in [-0.39, 0.29) is 29.3 Å². The molecule has 0 saturated heterocycles. The van der Waals surface area contributed by atoms with Crippen LogP contribution >= 0.6 is 0 Å². The van der Waals surface area contributed by atoms with Gasteiger partial charge in [-0.15, -0.1) is 0 Å². The van der Waals surface area contributed by atoms with Crippen LogP contribution in [0.1, 0.15) is 72.6 Å². The summed E-state index contributed by atoms with van der Waals surface area (Å²) >= 11 is 0. The Morgan fingerprint density at radius 3 is 1.97 bits per heavy atom.